The standard InChI is InChI=1S/C8H9ClN/c1-5-3-6(2)8(10)7(9)4-5/h3-4,10H,1-2H3. The van der Waals surface area contributed by atoms with E-state index < -0.39 is 0 Å². The van der Waals surface area contributed by atoms with Crippen molar-refractivity contribution in [1.82, 2.24) is 5.73 Å². The van der Waals surface area contributed by atoms with Gasteiger partial charge in [-0.3, -0.25) is 5.73 Å². The molecular weight excluding hydrogens is 146 g/mol. The molecule has 1 aromatic carbocycles. The third kappa shape index (κ3) is 1.24. The Morgan fingerprint density at radius 3 is 2.40 bits per heavy atom. The lowest BCUT2D eigenvalue weighted by Gasteiger charge is -2.01. The van der Waals surface area contributed by atoms with Gasteiger partial charge in [0, 0.05) is 0 Å². The highest BCUT2D eigenvalue weighted by Crippen LogP contribution is 2.24. The van der Waals surface area contributed by atoms with Crippen LogP contribution >= 0.6 is 11.6 Å². The molecule has 0 amide bonds. The molecule has 2 heteroatoms. The summed E-state index contributed by atoms with van der Waals surface area (Å²) in [5.74, 6) is 0. The molecule has 1 rings (SSSR count). The van der Waals surface area contributed by atoms with Gasteiger partial charge in [-0.1, -0.05) is 17.7 Å². The highest BCUT2D eigenvalue weighted by molar-refractivity contribution is 6.33. The fraction of sp³-hybridized carbons (Fsp3) is 0.250. The van der Waals surface area contributed by atoms with Crippen molar-refractivity contribution in [3.8, 4) is 0 Å². The van der Waals surface area contributed by atoms with Crippen molar-refractivity contribution < 1.29 is 0 Å². The SMILES string of the molecule is Cc1cc(C)c([NH])c(Cl)c1. The van der Waals surface area contributed by atoms with Gasteiger partial charge in [0.2, 0.25) is 0 Å². The zero-order chi connectivity index (χ0) is 7.72. The van der Waals surface area contributed by atoms with Gasteiger partial charge in [0.15, 0.2) is 0 Å². The maximum Gasteiger partial charge on any atom is 0.0755 e. The first-order chi connectivity index (χ1) is 4.61. The summed E-state index contributed by atoms with van der Waals surface area (Å²) >= 11 is 5.73. The quantitative estimate of drug-likeness (QED) is 0.549. The maximum atomic E-state index is 7.41. The summed E-state index contributed by atoms with van der Waals surface area (Å²) in [5.41, 5.74) is 9.89. The van der Waals surface area contributed by atoms with Crippen LogP contribution in [0.5, 0.6) is 0 Å². The van der Waals surface area contributed by atoms with E-state index in [0.29, 0.717) is 10.7 Å². The molecule has 0 aliphatic carbocycles. The first-order valence-electron chi connectivity index (χ1n) is 3.09. The molecule has 0 bridgehead atoms. The van der Waals surface area contributed by atoms with Gasteiger partial charge in [0.05, 0.1) is 10.7 Å². The fourth-order valence-corrected chi connectivity index (χ4v) is 1.24. The lowest BCUT2D eigenvalue weighted by molar-refractivity contribution is 1.33. The maximum absolute atomic E-state index is 7.41. The Hall–Kier alpha value is -0.690. The molecule has 1 N–H and O–H groups in total. The van der Waals surface area contributed by atoms with Crippen LogP contribution in [0.1, 0.15) is 11.1 Å². The Morgan fingerprint density at radius 2 is 1.90 bits per heavy atom. The van der Waals surface area contributed by atoms with Crippen molar-refractivity contribution in [1.29, 1.82) is 0 Å². The van der Waals surface area contributed by atoms with Crippen molar-refractivity contribution in [2.75, 3.05) is 0 Å². The Kier molecular flexibility index (Phi) is 1.86. The topological polar surface area (TPSA) is 23.8 Å². The monoisotopic (exact) mass is 154 g/mol. The lowest BCUT2D eigenvalue weighted by Crippen LogP contribution is -1.81. The summed E-state index contributed by atoms with van der Waals surface area (Å²) in [7, 11) is 0. The van der Waals surface area contributed by atoms with E-state index in [1.54, 1.807) is 6.07 Å². The van der Waals surface area contributed by atoms with E-state index >= 15 is 0 Å². The van der Waals surface area contributed by atoms with Gasteiger partial charge in [0.1, 0.15) is 0 Å². The predicted molar refractivity (Wildman–Crippen MR) is 43.7 cm³/mol. The minimum atomic E-state index is 0.437. The molecule has 0 heterocycles. The zero-order valence-electron chi connectivity index (χ0n) is 6.03. The summed E-state index contributed by atoms with van der Waals surface area (Å²) in [5, 5.41) is 0.539. The van der Waals surface area contributed by atoms with E-state index in [2.05, 4.69) is 0 Å². The van der Waals surface area contributed by atoms with Gasteiger partial charge in [0.25, 0.3) is 0 Å². The van der Waals surface area contributed by atoms with Crippen LogP contribution in [0.15, 0.2) is 12.1 Å². The second-order valence-corrected chi connectivity index (χ2v) is 2.85. The summed E-state index contributed by atoms with van der Waals surface area (Å²) in [4.78, 5) is 0. The highest BCUT2D eigenvalue weighted by Gasteiger charge is 1.99. The summed E-state index contributed by atoms with van der Waals surface area (Å²) in [6.07, 6.45) is 0. The van der Waals surface area contributed by atoms with Crippen LogP contribution in [-0.2, 0) is 0 Å². The van der Waals surface area contributed by atoms with Crippen LogP contribution < -0.4 is 5.73 Å². The highest BCUT2D eigenvalue weighted by atomic mass is 35.5. The van der Waals surface area contributed by atoms with Crippen LogP contribution in [0, 0.1) is 13.8 Å². The Morgan fingerprint density at radius 1 is 1.30 bits per heavy atom. The van der Waals surface area contributed by atoms with Gasteiger partial charge < -0.3 is 0 Å². The van der Waals surface area contributed by atoms with Crippen molar-refractivity contribution in [2.45, 2.75) is 13.8 Å². The van der Waals surface area contributed by atoms with Crippen LogP contribution in [0.2, 0.25) is 5.02 Å². The minimum Gasteiger partial charge on any atom is -0.299 e. The number of hydrogen-bond acceptors (Lipinski definition) is 0. The number of benzene rings is 1. The Balaban J connectivity index is 3.31. The molecule has 53 valence electrons. The first kappa shape index (κ1) is 7.42. The van der Waals surface area contributed by atoms with Gasteiger partial charge >= 0.3 is 0 Å². The van der Waals surface area contributed by atoms with Crippen molar-refractivity contribution >= 4 is 17.3 Å². The van der Waals surface area contributed by atoms with Crippen LogP contribution in [-0.4, -0.2) is 0 Å². The van der Waals surface area contributed by atoms with Gasteiger partial charge in [-0.2, -0.15) is 0 Å². The molecule has 0 saturated heterocycles. The summed E-state index contributed by atoms with van der Waals surface area (Å²) in [6, 6.07) is 3.76. The van der Waals surface area contributed by atoms with Crippen molar-refractivity contribution in [3.63, 3.8) is 0 Å². The molecule has 1 radical (unpaired) electrons. The average molecular weight is 155 g/mol. The second-order valence-electron chi connectivity index (χ2n) is 2.44. The number of aryl methyl sites for hydroxylation is 2. The number of rotatable bonds is 0. The second kappa shape index (κ2) is 2.51. The van der Waals surface area contributed by atoms with Crippen LogP contribution in [0.4, 0.5) is 5.69 Å². The van der Waals surface area contributed by atoms with E-state index in [1.165, 1.54) is 0 Å². The van der Waals surface area contributed by atoms with Gasteiger partial charge in [-0.05, 0) is 31.0 Å². The molecule has 0 unspecified atom stereocenters. The first-order valence-corrected chi connectivity index (χ1v) is 3.47. The van der Waals surface area contributed by atoms with Gasteiger partial charge in [-0.25, -0.2) is 0 Å². The molecule has 0 fully saturated rings. The molecule has 10 heavy (non-hydrogen) atoms. The summed E-state index contributed by atoms with van der Waals surface area (Å²) < 4.78 is 0. The third-order valence-electron chi connectivity index (χ3n) is 1.43. The molecule has 0 aliphatic heterocycles. The largest absolute Gasteiger partial charge is 0.299 e. The zero-order valence-corrected chi connectivity index (χ0v) is 6.79. The smallest absolute Gasteiger partial charge is 0.0755 e. The van der Waals surface area contributed by atoms with Crippen LogP contribution in [0.25, 0.3) is 0 Å². The van der Waals surface area contributed by atoms with E-state index in [0.717, 1.165) is 11.1 Å². The number of nitrogens with one attached hydrogen (secondary N) is 1. The van der Waals surface area contributed by atoms with Gasteiger partial charge in [-0.15, -0.1) is 0 Å². The molecular formula is C8H9ClN. The Bertz CT molecular complexity index is 232. The molecule has 1 aromatic rings. The van der Waals surface area contributed by atoms with E-state index in [4.69, 9.17) is 17.3 Å². The van der Waals surface area contributed by atoms with E-state index in [9.17, 15) is 0 Å². The molecule has 0 saturated carbocycles. The summed E-state index contributed by atoms with van der Waals surface area (Å²) in [6.45, 7) is 3.86. The fourth-order valence-electron chi connectivity index (χ4n) is 0.916. The molecule has 0 spiro atoms. The molecule has 1 nitrogen and oxygen atoms in total. The minimum absolute atomic E-state index is 0.437. The average Bonchev–Trinajstić information content (AvgIpc) is 1.82. The molecule has 0 aromatic heterocycles. The Labute approximate surface area is 65.8 Å². The van der Waals surface area contributed by atoms with Crippen LogP contribution in [0.3, 0.4) is 0 Å². The third-order valence-corrected chi connectivity index (χ3v) is 1.73. The van der Waals surface area contributed by atoms with Crippen molar-refractivity contribution in [3.05, 3.63) is 28.3 Å². The molecule has 0 atom stereocenters. The lowest BCUT2D eigenvalue weighted by atomic mass is 10.1. The number of halogens is 1. The van der Waals surface area contributed by atoms with E-state index in [1.807, 2.05) is 19.9 Å². The van der Waals surface area contributed by atoms with E-state index in [-0.39, 0.29) is 0 Å². The van der Waals surface area contributed by atoms with Crippen molar-refractivity contribution in [2.24, 2.45) is 0 Å². The predicted octanol–water partition coefficient (Wildman–Crippen LogP) is 2.87. The normalized spacial score (nSPS) is 9.90. The number of hydrogen-bond donors (Lipinski definition) is 0. The molecule has 0 aliphatic rings.